The number of nitrogens with zero attached hydrogens (tertiary/aromatic N) is 1. The normalized spacial score (nSPS) is 27.9. The van der Waals surface area contributed by atoms with Gasteiger partial charge in [-0.3, -0.25) is 10.1 Å². The Morgan fingerprint density at radius 2 is 2.09 bits per heavy atom. The van der Waals surface area contributed by atoms with E-state index >= 15 is 0 Å². The van der Waals surface area contributed by atoms with E-state index < -0.39 is 23.6 Å². The highest BCUT2D eigenvalue weighted by atomic mass is 19.4. The number of unbranched alkanes of at least 4 members (excludes halogenated alkanes) is 3. The maximum absolute atomic E-state index is 13.0. The van der Waals surface area contributed by atoms with Crippen LogP contribution >= 0.6 is 0 Å². The summed E-state index contributed by atoms with van der Waals surface area (Å²) in [7, 11) is 1.63. The number of carbonyl (C=O) groups is 1. The molecule has 3 fully saturated rings. The monoisotopic (exact) mass is 472 g/mol. The van der Waals surface area contributed by atoms with Crippen molar-refractivity contribution in [3.63, 3.8) is 0 Å². The van der Waals surface area contributed by atoms with Crippen LogP contribution in [0.2, 0.25) is 0 Å². The van der Waals surface area contributed by atoms with E-state index in [1.165, 1.54) is 6.07 Å². The molecule has 2 bridgehead atoms. The van der Waals surface area contributed by atoms with E-state index in [9.17, 15) is 18.0 Å². The molecule has 1 aliphatic carbocycles. The second-order valence-electron chi connectivity index (χ2n) is 9.29. The van der Waals surface area contributed by atoms with E-state index in [1.54, 1.807) is 7.11 Å². The Hall–Kier alpha value is -1.87. The van der Waals surface area contributed by atoms with Crippen molar-refractivity contribution in [2.24, 2.45) is 11.8 Å². The van der Waals surface area contributed by atoms with Gasteiger partial charge in [-0.05, 0) is 31.2 Å². The number of rotatable bonds is 11. The summed E-state index contributed by atoms with van der Waals surface area (Å²) in [6.45, 7) is 4.49. The van der Waals surface area contributed by atoms with Crippen molar-refractivity contribution in [2.75, 3.05) is 13.7 Å². The number of hydrogen-bond donors (Lipinski definition) is 1. The minimum absolute atomic E-state index is 0.0109. The molecule has 1 aromatic heterocycles. The molecule has 4 rings (SSSR count). The number of methoxy groups -OCH3 is 1. The first-order valence-corrected chi connectivity index (χ1v) is 11.9. The van der Waals surface area contributed by atoms with Crippen LogP contribution in [0.15, 0.2) is 18.3 Å². The molecule has 5 atom stereocenters. The summed E-state index contributed by atoms with van der Waals surface area (Å²) in [5.41, 5.74) is -1.90. The number of nitrogens with one attached hydrogen (secondary N) is 1. The second kappa shape index (κ2) is 11.0. The second-order valence-corrected chi connectivity index (χ2v) is 9.29. The SMILES string of the molecule is CCCCCCC(C)C(=O)O[C@@]12CC[C@H](C[C@H]1Oc1ccc(C(F)(F)F)cn1)[C@@H](COC)N2. The average molecular weight is 473 g/mol. The molecule has 3 heterocycles. The van der Waals surface area contributed by atoms with Gasteiger partial charge in [0, 0.05) is 31.8 Å². The van der Waals surface area contributed by atoms with Crippen LogP contribution in [0.4, 0.5) is 13.2 Å². The topological polar surface area (TPSA) is 69.7 Å². The van der Waals surface area contributed by atoms with E-state index in [0.29, 0.717) is 19.4 Å². The van der Waals surface area contributed by atoms with Crippen molar-refractivity contribution in [1.29, 1.82) is 0 Å². The summed E-state index contributed by atoms with van der Waals surface area (Å²) >= 11 is 0. The zero-order valence-electron chi connectivity index (χ0n) is 19.6. The Morgan fingerprint density at radius 3 is 2.73 bits per heavy atom. The Morgan fingerprint density at radius 1 is 1.30 bits per heavy atom. The summed E-state index contributed by atoms with van der Waals surface area (Å²) in [4.78, 5) is 16.8. The number of fused-ring (bicyclic) bond motifs is 3. The standard InChI is InChI=1S/C24H35F3N2O4/c1-4-5-6-7-8-16(2)22(30)33-23-12-11-17(19(29-23)15-31-3)13-20(23)32-21-10-9-18(14-28-21)24(25,26)27/h9-10,14,16-17,19-20,29H,4-8,11-13,15H2,1-3H3/t16?,17-,19-,20-,23+/m1/s1. The van der Waals surface area contributed by atoms with Gasteiger partial charge in [0.1, 0.15) is 0 Å². The quantitative estimate of drug-likeness (QED) is 0.356. The first-order chi connectivity index (χ1) is 15.7. The highest BCUT2D eigenvalue weighted by Gasteiger charge is 2.56. The fraction of sp³-hybridized carbons (Fsp3) is 0.750. The molecule has 6 nitrogen and oxygen atoms in total. The molecule has 0 amide bonds. The van der Waals surface area contributed by atoms with Gasteiger partial charge in [-0.25, -0.2) is 4.98 Å². The van der Waals surface area contributed by atoms with E-state index in [4.69, 9.17) is 14.2 Å². The van der Waals surface area contributed by atoms with Gasteiger partial charge in [0.15, 0.2) is 6.10 Å². The highest BCUT2D eigenvalue weighted by molar-refractivity contribution is 5.72. The Labute approximate surface area is 193 Å². The number of halogens is 3. The van der Waals surface area contributed by atoms with Crippen molar-refractivity contribution in [3.05, 3.63) is 23.9 Å². The number of hydrogen-bond acceptors (Lipinski definition) is 6. The molecule has 9 heteroatoms. The van der Waals surface area contributed by atoms with E-state index in [-0.39, 0.29) is 29.7 Å². The lowest BCUT2D eigenvalue weighted by Crippen LogP contribution is -2.72. The van der Waals surface area contributed by atoms with Crippen molar-refractivity contribution in [1.82, 2.24) is 10.3 Å². The largest absolute Gasteiger partial charge is 0.469 e. The Kier molecular flexibility index (Phi) is 8.61. The molecule has 0 spiro atoms. The number of piperidine rings is 2. The number of carbonyl (C=O) groups excluding carboxylic acids is 1. The smallest absolute Gasteiger partial charge is 0.417 e. The van der Waals surface area contributed by atoms with Crippen LogP contribution in [-0.2, 0) is 20.4 Å². The Bertz CT molecular complexity index is 774. The molecule has 1 saturated carbocycles. The highest BCUT2D eigenvalue weighted by Crippen LogP contribution is 2.43. The molecule has 3 aliphatic rings. The van der Waals surface area contributed by atoms with Gasteiger partial charge in [-0.15, -0.1) is 0 Å². The molecule has 1 unspecified atom stereocenters. The molecule has 1 aromatic rings. The fourth-order valence-electron chi connectivity index (χ4n) is 4.79. The third-order valence-corrected chi connectivity index (χ3v) is 6.77. The van der Waals surface area contributed by atoms with Crippen LogP contribution in [-0.4, -0.2) is 42.5 Å². The van der Waals surface area contributed by atoms with Gasteiger partial charge in [0.05, 0.1) is 18.1 Å². The molecule has 1 N–H and O–H groups in total. The van der Waals surface area contributed by atoms with E-state index in [2.05, 4.69) is 17.2 Å². The number of pyridine rings is 1. The van der Waals surface area contributed by atoms with E-state index in [1.807, 2.05) is 6.92 Å². The predicted molar refractivity (Wildman–Crippen MR) is 117 cm³/mol. The third kappa shape index (κ3) is 6.38. The lowest BCUT2D eigenvalue weighted by molar-refractivity contribution is -0.212. The minimum atomic E-state index is -4.46. The number of ether oxygens (including phenoxy) is 3. The summed E-state index contributed by atoms with van der Waals surface area (Å²) in [6.07, 6.45) is 2.83. The minimum Gasteiger partial charge on any atom is -0.469 e. The Balaban J connectivity index is 1.73. The molecular weight excluding hydrogens is 437 g/mol. The van der Waals surface area contributed by atoms with Crippen LogP contribution < -0.4 is 10.1 Å². The first kappa shape index (κ1) is 25.7. The maximum atomic E-state index is 13.0. The van der Waals surface area contributed by atoms with Gasteiger partial charge in [-0.2, -0.15) is 13.2 Å². The van der Waals surface area contributed by atoms with Crippen molar-refractivity contribution in [2.45, 2.75) is 89.3 Å². The van der Waals surface area contributed by atoms with Gasteiger partial charge in [0.25, 0.3) is 0 Å². The fourth-order valence-corrected chi connectivity index (χ4v) is 4.79. The summed E-state index contributed by atoms with van der Waals surface area (Å²) in [6, 6.07) is 2.17. The summed E-state index contributed by atoms with van der Waals surface area (Å²) in [5.74, 6) is -0.210. The van der Waals surface area contributed by atoms with Gasteiger partial charge < -0.3 is 14.2 Å². The van der Waals surface area contributed by atoms with Crippen molar-refractivity contribution >= 4 is 5.97 Å². The van der Waals surface area contributed by atoms with E-state index in [0.717, 1.165) is 50.8 Å². The molecule has 2 saturated heterocycles. The lowest BCUT2D eigenvalue weighted by atomic mass is 9.72. The summed E-state index contributed by atoms with van der Waals surface area (Å²) in [5, 5.41) is 3.43. The summed E-state index contributed by atoms with van der Waals surface area (Å²) < 4.78 is 56.1. The molecule has 2 aliphatic heterocycles. The third-order valence-electron chi connectivity index (χ3n) is 6.77. The van der Waals surface area contributed by atoms with Crippen molar-refractivity contribution in [3.8, 4) is 5.88 Å². The zero-order valence-corrected chi connectivity index (χ0v) is 19.6. The van der Waals surface area contributed by atoms with Crippen LogP contribution in [0.3, 0.4) is 0 Å². The number of esters is 1. The molecular formula is C24H35F3N2O4. The first-order valence-electron chi connectivity index (χ1n) is 11.9. The lowest BCUT2D eigenvalue weighted by Gasteiger charge is -2.54. The van der Waals surface area contributed by atoms with Crippen LogP contribution in [0, 0.1) is 11.8 Å². The maximum Gasteiger partial charge on any atom is 0.417 e. The predicted octanol–water partition coefficient (Wildman–Crippen LogP) is 5.11. The molecule has 186 valence electrons. The van der Waals surface area contributed by atoms with Crippen molar-refractivity contribution < 1.29 is 32.2 Å². The van der Waals surface area contributed by atoms with Crippen LogP contribution in [0.25, 0.3) is 0 Å². The van der Waals surface area contributed by atoms with Gasteiger partial charge in [0.2, 0.25) is 11.6 Å². The zero-order chi connectivity index (χ0) is 24.1. The van der Waals surface area contributed by atoms with Gasteiger partial charge in [-0.1, -0.05) is 39.5 Å². The van der Waals surface area contributed by atoms with Crippen LogP contribution in [0.1, 0.15) is 70.8 Å². The average Bonchev–Trinajstić information content (AvgIpc) is 2.77. The van der Waals surface area contributed by atoms with Gasteiger partial charge >= 0.3 is 12.1 Å². The number of aromatic nitrogens is 1. The molecule has 0 aromatic carbocycles. The molecule has 33 heavy (non-hydrogen) atoms. The molecule has 0 radical (unpaired) electrons. The van der Waals surface area contributed by atoms with Crippen LogP contribution in [0.5, 0.6) is 5.88 Å². The number of alkyl halides is 3.